The molecule has 3 aromatic rings. The normalized spacial score (nSPS) is 11.0. The summed E-state index contributed by atoms with van der Waals surface area (Å²) in [7, 11) is 0. The van der Waals surface area contributed by atoms with E-state index in [-0.39, 0.29) is 0 Å². The third-order valence-corrected chi connectivity index (χ3v) is 5.08. The molecular weight excluding hydrogens is 347 g/mol. The van der Waals surface area contributed by atoms with E-state index in [0.29, 0.717) is 10.0 Å². The van der Waals surface area contributed by atoms with Crippen molar-refractivity contribution in [2.75, 3.05) is 5.75 Å². The van der Waals surface area contributed by atoms with Crippen molar-refractivity contribution in [3.05, 3.63) is 64.3 Å². The third kappa shape index (κ3) is 3.42. The fraction of sp³-hybridized carbons (Fsp3) is 0.167. The molecular formula is C18H16Cl2N2S. The minimum atomic E-state index is 0.547. The molecule has 23 heavy (non-hydrogen) atoms. The molecule has 0 unspecified atom stereocenters. The van der Waals surface area contributed by atoms with Crippen LogP contribution in [-0.2, 0) is 0 Å². The van der Waals surface area contributed by atoms with Crippen molar-refractivity contribution in [2.24, 2.45) is 0 Å². The summed E-state index contributed by atoms with van der Waals surface area (Å²) in [6, 6.07) is 14.1. The predicted molar refractivity (Wildman–Crippen MR) is 100 cm³/mol. The molecule has 0 aliphatic carbocycles. The van der Waals surface area contributed by atoms with Gasteiger partial charge < -0.3 is 0 Å². The predicted octanol–water partition coefficient (Wildman–Crippen LogP) is 6.27. The zero-order valence-corrected chi connectivity index (χ0v) is 15.2. The Balaban J connectivity index is 2.17. The molecule has 0 aliphatic heterocycles. The van der Waals surface area contributed by atoms with E-state index in [1.165, 1.54) is 5.56 Å². The summed E-state index contributed by atoms with van der Waals surface area (Å²) in [5.41, 5.74) is 4.32. The van der Waals surface area contributed by atoms with Gasteiger partial charge in [0.05, 0.1) is 21.9 Å². The van der Waals surface area contributed by atoms with Gasteiger partial charge in [-0.3, -0.25) is 4.57 Å². The van der Waals surface area contributed by atoms with E-state index in [9.17, 15) is 0 Å². The van der Waals surface area contributed by atoms with Gasteiger partial charge in [-0.05, 0) is 36.9 Å². The number of hydrogen-bond donors (Lipinski definition) is 0. The minimum Gasteiger partial charge on any atom is -0.287 e. The van der Waals surface area contributed by atoms with E-state index in [2.05, 4.69) is 47.7 Å². The summed E-state index contributed by atoms with van der Waals surface area (Å²) in [5, 5.41) is 2.07. The van der Waals surface area contributed by atoms with Crippen LogP contribution in [0, 0.1) is 6.92 Å². The van der Waals surface area contributed by atoms with Crippen molar-refractivity contribution in [3.8, 4) is 16.9 Å². The molecule has 1 aromatic heterocycles. The summed E-state index contributed by atoms with van der Waals surface area (Å²) in [6.07, 6.45) is 1.89. The molecule has 118 valence electrons. The Bertz CT molecular complexity index is 826. The Labute approximate surface area is 150 Å². The Kier molecular flexibility index (Phi) is 5.00. The zero-order valence-electron chi connectivity index (χ0n) is 12.9. The maximum Gasteiger partial charge on any atom is 0.173 e. The van der Waals surface area contributed by atoms with Gasteiger partial charge in [-0.25, -0.2) is 4.98 Å². The fourth-order valence-electron chi connectivity index (χ4n) is 2.37. The van der Waals surface area contributed by atoms with E-state index in [1.807, 2.05) is 24.4 Å². The first-order chi connectivity index (χ1) is 11.1. The first-order valence-electron chi connectivity index (χ1n) is 7.33. The molecule has 2 aromatic carbocycles. The largest absolute Gasteiger partial charge is 0.287 e. The summed E-state index contributed by atoms with van der Waals surface area (Å²) < 4.78 is 2.16. The van der Waals surface area contributed by atoms with Gasteiger partial charge in [0.25, 0.3) is 0 Å². The highest BCUT2D eigenvalue weighted by atomic mass is 35.5. The number of aromatic nitrogens is 2. The highest BCUT2D eigenvalue weighted by molar-refractivity contribution is 7.99. The van der Waals surface area contributed by atoms with Crippen LogP contribution in [0.5, 0.6) is 0 Å². The minimum absolute atomic E-state index is 0.547. The van der Waals surface area contributed by atoms with E-state index < -0.39 is 0 Å². The van der Waals surface area contributed by atoms with E-state index in [1.54, 1.807) is 11.8 Å². The Morgan fingerprint density at radius 3 is 2.43 bits per heavy atom. The summed E-state index contributed by atoms with van der Waals surface area (Å²) >= 11 is 13.9. The first-order valence-corrected chi connectivity index (χ1v) is 9.07. The van der Waals surface area contributed by atoms with Gasteiger partial charge in [-0.1, -0.05) is 65.7 Å². The fourth-order valence-corrected chi connectivity index (χ4v) is 3.38. The van der Waals surface area contributed by atoms with Crippen molar-refractivity contribution < 1.29 is 0 Å². The van der Waals surface area contributed by atoms with E-state index in [0.717, 1.165) is 27.9 Å². The molecule has 3 rings (SSSR count). The van der Waals surface area contributed by atoms with Gasteiger partial charge in [-0.2, -0.15) is 0 Å². The molecule has 5 heteroatoms. The van der Waals surface area contributed by atoms with Crippen molar-refractivity contribution in [3.63, 3.8) is 0 Å². The van der Waals surface area contributed by atoms with Gasteiger partial charge >= 0.3 is 0 Å². The molecule has 0 saturated carbocycles. The molecule has 0 atom stereocenters. The van der Waals surface area contributed by atoms with Crippen molar-refractivity contribution in [2.45, 2.75) is 19.0 Å². The average molecular weight is 363 g/mol. The molecule has 0 N–H and O–H groups in total. The summed E-state index contributed by atoms with van der Waals surface area (Å²) in [5.74, 6) is 0.962. The lowest BCUT2D eigenvalue weighted by Gasteiger charge is -2.12. The maximum atomic E-state index is 6.18. The van der Waals surface area contributed by atoms with Crippen molar-refractivity contribution >= 4 is 35.0 Å². The van der Waals surface area contributed by atoms with Gasteiger partial charge in [0.1, 0.15) is 0 Å². The van der Waals surface area contributed by atoms with Crippen LogP contribution < -0.4 is 0 Å². The quantitative estimate of drug-likeness (QED) is 0.509. The van der Waals surface area contributed by atoms with E-state index >= 15 is 0 Å². The third-order valence-electron chi connectivity index (χ3n) is 3.51. The number of halogens is 2. The second-order valence-corrected chi connectivity index (χ2v) is 7.20. The topological polar surface area (TPSA) is 17.8 Å². The van der Waals surface area contributed by atoms with Crippen LogP contribution in [0.25, 0.3) is 16.9 Å². The monoisotopic (exact) mass is 362 g/mol. The van der Waals surface area contributed by atoms with Crippen LogP contribution in [-0.4, -0.2) is 15.3 Å². The lowest BCUT2D eigenvalue weighted by molar-refractivity contribution is 0.900. The molecule has 0 bridgehead atoms. The highest BCUT2D eigenvalue weighted by Gasteiger charge is 2.14. The van der Waals surface area contributed by atoms with Crippen LogP contribution in [0.15, 0.2) is 53.8 Å². The maximum absolute atomic E-state index is 6.18. The summed E-state index contributed by atoms with van der Waals surface area (Å²) in [4.78, 5) is 4.58. The van der Waals surface area contributed by atoms with Gasteiger partial charge in [0.15, 0.2) is 5.16 Å². The second-order valence-electron chi connectivity index (χ2n) is 5.16. The average Bonchev–Trinajstić information content (AvgIpc) is 2.95. The number of aryl methyl sites for hydroxylation is 1. The smallest absolute Gasteiger partial charge is 0.173 e. The van der Waals surface area contributed by atoms with Crippen LogP contribution in [0.4, 0.5) is 0 Å². The van der Waals surface area contributed by atoms with Crippen LogP contribution in [0.1, 0.15) is 12.5 Å². The van der Waals surface area contributed by atoms with Gasteiger partial charge in [0.2, 0.25) is 0 Å². The molecule has 1 heterocycles. The summed E-state index contributed by atoms with van der Waals surface area (Å²) in [6.45, 7) is 4.21. The Morgan fingerprint density at radius 2 is 1.78 bits per heavy atom. The number of nitrogens with zero attached hydrogens (tertiary/aromatic N) is 2. The van der Waals surface area contributed by atoms with Crippen molar-refractivity contribution in [1.82, 2.24) is 9.55 Å². The lowest BCUT2D eigenvalue weighted by Crippen LogP contribution is -1.99. The molecule has 0 spiro atoms. The standard InChI is InChI=1S/C18H16Cl2N2S/c1-3-23-18-21-11-17(13-6-9-15(19)16(20)10-13)22(18)14-7-4-12(2)5-8-14/h4-11H,3H2,1-2H3. The van der Waals surface area contributed by atoms with Gasteiger partial charge in [0, 0.05) is 11.3 Å². The molecule has 0 amide bonds. The Morgan fingerprint density at radius 1 is 1.04 bits per heavy atom. The molecule has 2 nitrogen and oxygen atoms in total. The lowest BCUT2D eigenvalue weighted by atomic mass is 10.1. The Hall–Kier alpha value is -1.42. The molecule has 0 radical (unpaired) electrons. The first kappa shape index (κ1) is 16.4. The number of benzene rings is 2. The van der Waals surface area contributed by atoms with Crippen molar-refractivity contribution in [1.29, 1.82) is 0 Å². The molecule has 0 fully saturated rings. The van der Waals surface area contributed by atoms with Crippen LogP contribution >= 0.6 is 35.0 Å². The number of hydrogen-bond acceptors (Lipinski definition) is 2. The van der Waals surface area contributed by atoms with Gasteiger partial charge in [-0.15, -0.1) is 0 Å². The second kappa shape index (κ2) is 7.00. The van der Waals surface area contributed by atoms with Crippen LogP contribution in [0.3, 0.4) is 0 Å². The number of imidazole rings is 1. The zero-order chi connectivity index (χ0) is 16.4. The highest BCUT2D eigenvalue weighted by Crippen LogP contribution is 2.33. The number of thioether (sulfide) groups is 1. The van der Waals surface area contributed by atoms with E-state index in [4.69, 9.17) is 23.2 Å². The molecule has 0 saturated heterocycles. The van der Waals surface area contributed by atoms with Crippen LogP contribution in [0.2, 0.25) is 10.0 Å². The molecule has 0 aliphatic rings. The number of rotatable bonds is 4. The SMILES string of the molecule is CCSc1ncc(-c2ccc(Cl)c(Cl)c2)n1-c1ccc(C)cc1.